The lowest BCUT2D eigenvalue weighted by Gasteiger charge is -2.20. The van der Waals surface area contributed by atoms with Crippen LogP contribution in [0.15, 0.2) is 72.8 Å². The second kappa shape index (κ2) is 19.6. The first kappa shape index (κ1) is 36.7. The van der Waals surface area contributed by atoms with Crippen LogP contribution in [0.1, 0.15) is 118 Å². The molecule has 5 nitrogen and oxygen atoms in total. The molecule has 3 aromatic rings. The summed E-state index contributed by atoms with van der Waals surface area (Å²) in [4.78, 5) is 25.1. The van der Waals surface area contributed by atoms with Crippen LogP contribution < -0.4 is 9.47 Å². The van der Waals surface area contributed by atoms with E-state index in [1.165, 1.54) is 69.2 Å². The number of hydrogen-bond acceptors (Lipinski definition) is 5. The summed E-state index contributed by atoms with van der Waals surface area (Å²) < 4.78 is 56.2. The summed E-state index contributed by atoms with van der Waals surface area (Å²) in [6.07, 6.45) is 5.65. The molecule has 46 heavy (non-hydrogen) atoms. The van der Waals surface area contributed by atoms with E-state index in [4.69, 9.17) is 14.2 Å². The lowest BCUT2D eigenvalue weighted by molar-refractivity contribution is -0.206. The van der Waals surface area contributed by atoms with Gasteiger partial charge in [0.1, 0.15) is 11.5 Å². The zero-order chi connectivity index (χ0) is 33.2. The SMILES string of the molecule is CCCCCCCCCCOc1ccc(-c2ccc(C(=O)Oc3ccc(C(=O)OC(CCCCCC)C(F)(F)F)cc3)cc2)cc1. The monoisotopic (exact) mass is 640 g/mol. The molecule has 0 fully saturated rings. The fourth-order valence-electron chi connectivity index (χ4n) is 5.04. The van der Waals surface area contributed by atoms with Gasteiger partial charge >= 0.3 is 18.1 Å². The highest BCUT2D eigenvalue weighted by Gasteiger charge is 2.42. The summed E-state index contributed by atoms with van der Waals surface area (Å²) in [7, 11) is 0. The molecule has 0 radical (unpaired) electrons. The van der Waals surface area contributed by atoms with Gasteiger partial charge in [0.15, 0.2) is 6.10 Å². The number of unbranched alkanes of at least 4 members (excludes halogenated alkanes) is 10. The normalized spacial score (nSPS) is 12.0. The van der Waals surface area contributed by atoms with Gasteiger partial charge in [-0.15, -0.1) is 0 Å². The van der Waals surface area contributed by atoms with E-state index in [0.29, 0.717) is 25.0 Å². The minimum Gasteiger partial charge on any atom is -0.494 e. The van der Waals surface area contributed by atoms with Gasteiger partial charge in [-0.25, -0.2) is 9.59 Å². The van der Waals surface area contributed by atoms with Gasteiger partial charge in [-0.3, -0.25) is 0 Å². The molecule has 0 saturated heterocycles. The second-order valence-corrected chi connectivity index (χ2v) is 11.6. The van der Waals surface area contributed by atoms with Crippen LogP contribution in [0, 0.1) is 0 Å². The Morgan fingerprint density at radius 3 is 1.61 bits per heavy atom. The van der Waals surface area contributed by atoms with Crippen LogP contribution in [-0.4, -0.2) is 30.8 Å². The van der Waals surface area contributed by atoms with Crippen molar-refractivity contribution in [2.75, 3.05) is 6.61 Å². The Morgan fingerprint density at radius 1 is 0.587 bits per heavy atom. The van der Waals surface area contributed by atoms with Crippen LogP contribution in [0.4, 0.5) is 13.2 Å². The Bertz CT molecular complexity index is 1300. The number of alkyl halides is 3. The van der Waals surface area contributed by atoms with Gasteiger partial charge in [-0.05, 0) is 78.9 Å². The first-order chi connectivity index (χ1) is 22.2. The lowest BCUT2D eigenvalue weighted by atomic mass is 10.0. The Hall–Kier alpha value is -3.81. The number of esters is 2. The van der Waals surface area contributed by atoms with Crippen molar-refractivity contribution >= 4 is 11.9 Å². The highest BCUT2D eigenvalue weighted by molar-refractivity contribution is 5.92. The van der Waals surface area contributed by atoms with Gasteiger partial charge in [-0.1, -0.05) is 102 Å². The van der Waals surface area contributed by atoms with E-state index in [1.807, 2.05) is 43.3 Å². The minimum atomic E-state index is -4.64. The molecule has 0 aromatic heterocycles. The first-order valence-electron chi connectivity index (χ1n) is 16.6. The molecule has 0 spiro atoms. The van der Waals surface area contributed by atoms with Crippen LogP contribution in [0.3, 0.4) is 0 Å². The van der Waals surface area contributed by atoms with Crippen molar-refractivity contribution in [3.63, 3.8) is 0 Å². The smallest absolute Gasteiger partial charge is 0.425 e. The molecule has 1 unspecified atom stereocenters. The first-order valence-corrected chi connectivity index (χ1v) is 16.6. The second-order valence-electron chi connectivity index (χ2n) is 11.6. The maximum absolute atomic E-state index is 13.4. The summed E-state index contributed by atoms with van der Waals surface area (Å²) in [6.45, 7) is 4.90. The van der Waals surface area contributed by atoms with Crippen LogP contribution in [0.2, 0.25) is 0 Å². The van der Waals surface area contributed by atoms with Crippen molar-refractivity contribution in [3.8, 4) is 22.6 Å². The topological polar surface area (TPSA) is 61.8 Å². The van der Waals surface area contributed by atoms with Crippen molar-refractivity contribution in [2.45, 2.75) is 110 Å². The maximum Gasteiger partial charge on any atom is 0.425 e. The summed E-state index contributed by atoms with van der Waals surface area (Å²) in [5, 5.41) is 0. The molecular formula is C38H47F3O5. The molecule has 8 heteroatoms. The lowest BCUT2D eigenvalue weighted by Crippen LogP contribution is -2.33. The van der Waals surface area contributed by atoms with E-state index in [1.54, 1.807) is 12.1 Å². The largest absolute Gasteiger partial charge is 0.494 e. The van der Waals surface area contributed by atoms with E-state index < -0.39 is 24.2 Å². The highest BCUT2D eigenvalue weighted by Crippen LogP contribution is 2.29. The number of ether oxygens (including phenoxy) is 3. The number of hydrogen-bond donors (Lipinski definition) is 0. The Morgan fingerprint density at radius 2 is 1.04 bits per heavy atom. The van der Waals surface area contributed by atoms with E-state index in [0.717, 1.165) is 36.1 Å². The molecule has 0 N–H and O–H groups in total. The average Bonchev–Trinajstić information content (AvgIpc) is 3.05. The maximum atomic E-state index is 13.4. The third kappa shape index (κ3) is 12.9. The molecule has 250 valence electrons. The number of benzene rings is 3. The van der Waals surface area contributed by atoms with Gasteiger partial charge in [0.05, 0.1) is 17.7 Å². The summed E-state index contributed by atoms with van der Waals surface area (Å²) in [5.41, 5.74) is 2.18. The van der Waals surface area contributed by atoms with Gasteiger partial charge in [0, 0.05) is 0 Å². The van der Waals surface area contributed by atoms with Crippen molar-refractivity contribution in [2.24, 2.45) is 0 Å². The summed E-state index contributed by atoms with van der Waals surface area (Å²) in [6, 6.07) is 20.1. The minimum absolute atomic E-state index is 0.0588. The molecule has 3 aromatic carbocycles. The number of rotatable bonds is 20. The van der Waals surface area contributed by atoms with E-state index >= 15 is 0 Å². The Labute approximate surface area is 271 Å². The Balaban J connectivity index is 1.45. The van der Waals surface area contributed by atoms with Gasteiger partial charge < -0.3 is 14.2 Å². The third-order valence-electron chi connectivity index (χ3n) is 7.81. The molecular weight excluding hydrogens is 593 g/mol. The van der Waals surface area contributed by atoms with Gasteiger partial charge in [-0.2, -0.15) is 13.2 Å². The van der Waals surface area contributed by atoms with Gasteiger partial charge in [0.2, 0.25) is 0 Å². The number of halogens is 3. The van der Waals surface area contributed by atoms with Crippen LogP contribution in [0.25, 0.3) is 11.1 Å². The van der Waals surface area contributed by atoms with E-state index in [9.17, 15) is 22.8 Å². The Kier molecular flexibility index (Phi) is 15.7. The molecule has 0 amide bonds. The predicted molar refractivity (Wildman–Crippen MR) is 175 cm³/mol. The molecule has 0 aliphatic carbocycles. The average molecular weight is 641 g/mol. The van der Waals surface area contributed by atoms with Crippen molar-refractivity contribution in [3.05, 3.63) is 83.9 Å². The van der Waals surface area contributed by atoms with Crippen molar-refractivity contribution < 1.29 is 37.0 Å². The standard InChI is InChI=1S/C38H47F3O5/c1-3-5-7-9-10-11-12-14-28-44-33-24-20-30(21-25-33)29-16-18-31(19-17-29)36(42)45-34-26-22-32(23-27-34)37(43)46-35(38(39,40)41)15-13-8-6-4-2/h16-27,35H,3-15,28H2,1-2H3. The van der Waals surface area contributed by atoms with Crippen molar-refractivity contribution in [1.82, 2.24) is 0 Å². The highest BCUT2D eigenvalue weighted by atomic mass is 19.4. The molecule has 0 heterocycles. The molecule has 0 saturated carbocycles. The molecule has 0 aliphatic rings. The van der Waals surface area contributed by atoms with Crippen molar-refractivity contribution in [1.29, 1.82) is 0 Å². The van der Waals surface area contributed by atoms with Crippen LogP contribution >= 0.6 is 0 Å². The molecule has 3 rings (SSSR count). The van der Waals surface area contributed by atoms with Crippen LogP contribution in [0.5, 0.6) is 11.5 Å². The molecule has 0 aliphatic heterocycles. The zero-order valence-electron chi connectivity index (χ0n) is 27.1. The fourth-order valence-corrected chi connectivity index (χ4v) is 5.04. The van der Waals surface area contributed by atoms with E-state index in [2.05, 4.69) is 6.92 Å². The fraction of sp³-hybridized carbons (Fsp3) is 0.474. The summed E-state index contributed by atoms with van der Waals surface area (Å²) >= 11 is 0. The number of carbonyl (C=O) groups is 2. The predicted octanol–water partition coefficient (Wildman–Crippen LogP) is 11.2. The number of carbonyl (C=O) groups excluding carboxylic acids is 2. The van der Waals surface area contributed by atoms with Gasteiger partial charge in [0.25, 0.3) is 0 Å². The van der Waals surface area contributed by atoms with E-state index in [-0.39, 0.29) is 17.7 Å². The summed E-state index contributed by atoms with van der Waals surface area (Å²) in [5.74, 6) is -0.695. The van der Waals surface area contributed by atoms with Crippen LogP contribution in [-0.2, 0) is 4.74 Å². The molecule has 0 bridgehead atoms. The molecule has 1 atom stereocenters. The zero-order valence-corrected chi connectivity index (χ0v) is 27.1. The quantitative estimate of drug-likeness (QED) is 0.0698. The third-order valence-corrected chi connectivity index (χ3v) is 7.81.